The number of nitrogens with zero attached hydrogens (tertiary/aromatic N) is 1. The highest BCUT2D eigenvalue weighted by atomic mass is 35.5. The molecule has 2 aliphatic rings. The Morgan fingerprint density at radius 1 is 1.35 bits per heavy atom. The largest absolute Gasteiger partial charge is 0.381 e. The van der Waals surface area contributed by atoms with Crippen molar-refractivity contribution in [2.45, 2.75) is 25.7 Å². The van der Waals surface area contributed by atoms with Crippen molar-refractivity contribution in [3.63, 3.8) is 0 Å². The van der Waals surface area contributed by atoms with Gasteiger partial charge in [-0.25, -0.2) is 0 Å². The molecule has 0 aliphatic carbocycles. The number of carbonyl (C=O) groups is 1. The molecule has 5 nitrogen and oxygen atoms in total. The van der Waals surface area contributed by atoms with Crippen molar-refractivity contribution in [2.24, 2.45) is 5.92 Å². The molecule has 0 radical (unpaired) electrons. The Bertz CT molecular complexity index is 267. The van der Waals surface area contributed by atoms with E-state index in [9.17, 15) is 4.79 Å². The number of carbonyl (C=O) groups excluding carboxylic acids is 1. The number of nitrogens with one attached hydrogen (secondary N) is 2. The molecule has 2 aliphatic heterocycles. The van der Waals surface area contributed by atoms with E-state index in [1.54, 1.807) is 0 Å². The van der Waals surface area contributed by atoms with Crippen LogP contribution in [0.5, 0.6) is 0 Å². The smallest absolute Gasteiger partial charge is 0.220 e. The number of hydrogen-bond donors (Lipinski definition) is 2. The molecule has 2 N–H and O–H groups in total. The highest BCUT2D eigenvalue weighted by Crippen LogP contribution is 2.17. The summed E-state index contributed by atoms with van der Waals surface area (Å²) >= 11 is 0. The quantitative estimate of drug-likeness (QED) is 0.678. The topological polar surface area (TPSA) is 53.6 Å². The van der Waals surface area contributed by atoms with Crippen LogP contribution in [0.15, 0.2) is 0 Å². The maximum atomic E-state index is 11.7. The van der Waals surface area contributed by atoms with Crippen molar-refractivity contribution in [3.8, 4) is 0 Å². The zero-order chi connectivity index (χ0) is 13.3. The van der Waals surface area contributed by atoms with Crippen LogP contribution < -0.4 is 10.6 Å². The van der Waals surface area contributed by atoms with E-state index in [-0.39, 0.29) is 18.3 Å². The van der Waals surface area contributed by atoms with Gasteiger partial charge in [-0.05, 0) is 31.7 Å². The van der Waals surface area contributed by atoms with Crippen LogP contribution in [0.4, 0.5) is 0 Å². The minimum absolute atomic E-state index is 0. The van der Waals surface area contributed by atoms with Crippen LogP contribution in [0.2, 0.25) is 0 Å². The summed E-state index contributed by atoms with van der Waals surface area (Å²) in [5.41, 5.74) is 0. The lowest BCUT2D eigenvalue weighted by Gasteiger charge is -2.27. The van der Waals surface area contributed by atoms with Gasteiger partial charge in [-0.15, -0.1) is 12.4 Å². The third-order valence-corrected chi connectivity index (χ3v) is 3.99. The lowest BCUT2D eigenvalue weighted by molar-refractivity contribution is -0.121. The van der Waals surface area contributed by atoms with Crippen LogP contribution in [0, 0.1) is 5.92 Å². The zero-order valence-electron chi connectivity index (χ0n) is 12.2. The number of piperazine rings is 1. The Labute approximate surface area is 128 Å². The monoisotopic (exact) mass is 305 g/mol. The van der Waals surface area contributed by atoms with Crippen LogP contribution in [-0.2, 0) is 9.53 Å². The van der Waals surface area contributed by atoms with Gasteiger partial charge in [0.2, 0.25) is 5.91 Å². The van der Waals surface area contributed by atoms with E-state index in [1.165, 1.54) is 0 Å². The first-order valence-corrected chi connectivity index (χ1v) is 7.62. The summed E-state index contributed by atoms with van der Waals surface area (Å²) in [4.78, 5) is 14.1. The van der Waals surface area contributed by atoms with Crippen molar-refractivity contribution in [2.75, 3.05) is 52.5 Å². The van der Waals surface area contributed by atoms with Crippen molar-refractivity contribution < 1.29 is 9.53 Å². The Kier molecular flexibility index (Phi) is 9.18. The molecular weight excluding hydrogens is 278 g/mol. The summed E-state index contributed by atoms with van der Waals surface area (Å²) in [6, 6.07) is 0. The third-order valence-electron chi connectivity index (χ3n) is 3.99. The van der Waals surface area contributed by atoms with Gasteiger partial charge >= 0.3 is 0 Å². The SMILES string of the molecule is Cl.O=C(CCC1CCOC1)NCCCN1CCNCC1. The second-order valence-electron chi connectivity index (χ2n) is 5.56. The summed E-state index contributed by atoms with van der Waals surface area (Å²) in [6.07, 6.45) is 3.81. The van der Waals surface area contributed by atoms with E-state index in [0.717, 1.165) is 71.7 Å². The third kappa shape index (κ3) is 6.88. The molecule has 0 aromatic rings. The van der Waals surface area contributed by atoms with Crippen molar-refractivity contribution in [1.82, 2.24) is 15.5 Å². The minimum atomic E-state index is 0. The van der Waals surface area contributed by atoms with Gasteiger partial charge in [-0.2, -0.15) is 0 Å². The van der Waals surface area contributed by atoms with Gasteiger partial charge in [0.05, 0.1) is 0 Å². The van der Waals surface area contributed by atoms with Gasteiger partial charge in [-0.3, -0.25) is 4.79 Å². The molecule has 2 fully saturated rings. The standard InChI is InChI=1S/C14H27N3O2.ClH/c18-14(3-2-13-4-11-19-12-13)16-5-1-8-17-9-6-15-7-10-17;/h13,15H,1-12H2,(H,16,18);1H. The molecule has 118 valence electrons. The molecule has 2 rings (SSSR count). The fourth-order valence-electron chi connectivity index (χ4n) is 2.70. The van der Waals surface area contributed by atoms with Crippen molar-refractivity contribution in [3.05, 3.63) is 0 Å². The van der Waals surface area contributed by atoms with Gasteiger partial charge in [0.1, 0.15) is 0 Å². The van der Waals surface area contributed by atoms with Crippen molar-refractivity contribution >= 4 is 18.3 Å². The normalized spacial score (nSPS) is 23.3. The van der Waals surface area contributed by atoms with Crippen LogP contribution in [0.3, 0.4) is 0 Å². The fraction of sp³-hybridized carbons (Fsp3) is 0.929. The van der Waals surface area contributed by atoms with Crippen LogP contribution in [0.1, 0.15) is 25.7 Å². The van der Waals surface area contributed by atoms with Gasteiger partial charge in [-0.1, -0.05) is 0 Å². The molecule has 0 aromatic carbocycles. The predicted molar refractivity (Wildman–Crippen MR) is 82.3 cm³/mol. The van der Waals surface area contributed by atoms with E-state index in [0.29, 0.717) is 12.3 Å². The Balaban J connectivity index is 0.00000200. The molecule has 1 amide bonds. The van der Waals surface area contributed by atoms with E-state index >= 15 is 0 Å². The summed E-state index contributed by atoms with van der Waals surface area (Å²) in [5.74, 6) is 0.804. The molecule has 1 unspecified atom stereocenters. The highest BCUT2D eigenvalue weighted by molar-refractivity contribution is 5.85. The number of rotatable bonds is 7. The zero-order valence-corrected chi connectivity index (χ0v) is 13.1. The second kappa shape index (κ2) is 10.4. The summed E-state index contributed by atoms with van der Waals surface area (Å²) in [5, 5.41) is 6.37. The maximum Gasteiger partial charge on any atom is 0.220 e. The first-order valence-electron chi connectivity index (χ1n) is 7.62. The molecule has 2 heterocycles. The Morgan fingerprint density at radius 3 is 2.85 bits per heavy atom. The van der Waals surface area contributed by atoms with Crippen LogP contribution >= 0.6 is 12.4 Å². The number of halogens is 1. The Morgan fingerprint density at radius 2 is 2.15 bits per heavy atom. The van der Waals surface area contributed by atoms with Crippen LogP contribution in [0.25, 0.3) is 0 Å². The molecule has 6 heteroatoms. The van der Waals surface area contributed by atoms with E-state index in [4.69, 9.17) is 4.74 Å². The average molecular weight is 306 g/mol. The van der Waals surface area contributed by atoms with E-state index in [1.807, 2.05) is 0 Å². The molecular formula is C14H28ClN3O2. The first-order chi connectivity index (χ1) is 9.34. The molecule has 0 bridgehead atoms. The lowest BCUT2D eigenvalue weighted by atomic mass is 10.0. The first kappa shape index (κ1) is 17.7. The summed E-state index contributed by atoms with van der Waals surface area (Å²) < 4.78 is 5.31. The number of ether oxygens (including phenoxy) is 1. The maximum absolute atomic E-state index is 11.7. The van der Waals surface area contributed by atoms with Gasteiger partial charge in [0.25, 0.3) is 0 Å². The van der Waals surface area contributed by atoms with Gasteiger partial charge < -0.3 is 20.3 Å². The van der Waals surface area contributed by atoms with Gasteiger partial charge in [0.15, 0.2) is 0 Å². The van der Waals surface area contributed by atoms with E-state index in [2.05, 4.69) is 15.5 Å². The second-order valence-corrected chi connectivity index (χ2v) is 5.56. The predicted octanol–water partition coefficient (Wildman–Crippen LogP) is 0.636. The molecule has 20 heavy (non-hydrogen) atoms. The molecule has 2 saturated heterocycles. The lowest BCUT2D eigenvalue weighted by Crippen LogP contribution is -2.44. The highest BCUT2D eigenvalue weighted by Gasteiger charge is 2.16. The van der Waals surface area contributed by atoms with Gasteiger partial charge in [0, 0.05) is 52.4 Å². The van der Waals surface area contributed by atoms with E-state index < -0.39 is 0 Å². The number of amides is 1. The van der Waals surface area contributed by atoms with Crippen molar-refractivity contribution in [1.29, 1.82) is 0 Å². The Hall–Kier alpha value is -0.360. The number of hydrogen-bond acceptors (Lipinski definition) is 4. The molecule has 0 spiro atoms. The molecule has 0 saturated carbocycles. The summed E-state index contributed by atoms with van der Waals surface area (Å²) in [6.45, 7) is 8.08. The fourth-order valence-corrected chi connectivity index (χ4v) is 2.70. The van der Waals surface area contributed by atoms with Crippen LogP contribution in [-0.4, -0.2) is 63.3 Å². The summed E-state index contributed by atoms with van der Waals surface area (Å²) in [7, 11) is 0. The molecule has 1 atom stereocenters. The molecule has 0 aromatic heterocycles. The average Bonchev–Trinajstić information content (AvgIpc) is 2.96. The minimum Gasteiger partial charge on any atom is -0.381 e.